The molecule has 2 fully saturated rings. The summed E-state index contributed by atoms with van der Waals surface area (Å²) >= 11 is 3.45. The average molecular weight is 338 g/mol. The van der Waals surface area contributed by atoms with E-state index in [0.717, 1.165) is 10.0 Å². The molecule has 2 amide bonds. The lowest BCUT2D eigenvalue weighted by Crippen LogP contribution is -2.35. The van der Waals surface area contributed by atoms with E-state index in [9.17, 15) is 9.59 Å². The van der Waals surface area contributed by atoms with Crippen LogP contribution in [0.15, 0.2) is 22.7 Å². The van der Waals surface area contributed by atoms with E-state index in [0.29, 0.717) is 12.3 Å². The van der Waals surface area contributed by atoms with Crippen molar-refractivity contribution in [3.8, 4) is 5.75 Å². The minimum absolute atomic E-state index is 0.0419. The molecule has 0 bridgehead atoms. The third-order valence-electron chi connectivity index (χ3n) is 4.47. The molecule has 0 radical (unpaired) electrons. The van der Waals surface area contributed by atoms with Gasteiger partial charge in [0, 0.05) is 4.47 Å². The van der Waals surface area contributed by atoms with Gasteiger partial charge in [0.15, 0.2) is 0 Å². The van der Waals surface area contributed by atoms with E-state index < -0.39 is 0 Å². The summed E-state index contributed by atoms with van der Waals surface area (Å²) in [6.07, 6.45) is 0. The number of nitrogens with zero attached hydrogens (tertiary/aromatic N) is 1. The van der Waals surface area contributed by atoms with Gasteiger partial charge in [-0.05, 0) is 29.2 Å². The van der Waals surface area contributed by atoms with Gasteiger partial charge in [-0.1, -0.05) is 29.8 Å². The van der Waals surface area contributed by atoms with Gasteiger partial charge in [-0.25, -0.2) is 0 Å². The van der Waals surface area contributed by atoms with E-state index in [-0.39, 0.29) is 29.1 Å². The van der Waals surface area contributed by atoms with Crippen molar-refractivity contribution in [1.82, 2.24) is 4.90 Å². The Labute approximate surface area is 126 Å². The second-order valence-electron chi connectivity index (χ2n) is 6.00. The highest BCUT2D eigenvalue weighted by molar-refractivity contribution is 9.10. The number of rotatable bonds is 3. The summed E-state index contributed by atoms with van der Waals surface area (Å²) in [5.74, 6) is 0.381. The SMILES string of the molecule is COc1ccc(Br)c(CN2C(=O)C3C(C2=O)C3(C)C)c1. The topological polar surface area (TPSA) is 46.6 Å². The molecule has 1 aromatic rings. The molecule has 2 unspecified atom stereocenters. The van der Waals surface area contributed by atoms with Gasteiger partial charge in [0.2, 0.25) is 11.8 Å². The van der Waals surface area contributed by atoms with Crippen LogP contribution in [0.4, 0.5) is 0 Å². The summed E-state index contributed by atoms with van der Waals surface area (Å²) in [5, 5.41) is 0. The third-order valence-corrected chi connectivity index (χ3v) is 5.25. The fourth-order valence-electron chi connectivity index (χ4n) is 3.13. The fraction of sp³-hybridized carbons (Fsp3) is 0.467. The summed E-state index contributed by atoms with van der Waals surface area (Å²) in [4.78, 5) is 26.0. The van der Waals surface area contributed by atoms with Crippen molar-refractivity contribution in [3.63, 3.8) is 0 Å². The molecule has 4 nitrogen and oxygen atoms in total. The van der Waals surface area contributed by atoms with Gasteiger partial charge in [-0.15, -0.1) is 0 Å². The molecule has 5 heteroatoms. The summed E-state index contributed by atoms with van der Waals surface area (Å²) in [6.45, 7) is 4.27. The molecule has 0 N–H and O–H groups in total. The summed E-state index contributed by atoms with van der Waals surface area (Å²) < 4.78 is 6.06. The highest BCUT2D eigenvalue weighted by atomic mass is 79.9. The number of piperidine rings is 1. The van der Waals surface area contributed by atoms with E-state index >= 15 is 0 Å². The number of halogens is 1. The van der Waals surface area contributed by atoms with Gasteiger partial charge in [-0.2, -0.15) is 0 Å². The first-order chi connectivity index (χ1) is 9.37. The van der Waals surface area contributed by atoms with Crippen LogP contribution in [0.2, 0.25) is 0 Å². The van der Waals surface area contributed by atoms with Crippen molar-refractivity contribution >= 4 is 27.7 Å². The minimum Gasteiger partial charge on any atom is -0.497 e. The minimum atomic E-state index is -0.156. The lowest BCUT2D eigenvalue weighted by molar-refractivity contribution is -0.143. The molecule has 1 heterocycles. The van der Waals surface area contributed by atoms with Gasteiger partial charge in [0.25, 0.3) is 0 Å². The Hall–Kier alpha value is -1.36. The smallest absolute Gasteiger partial charge is 0.233 e. The normalized spacial score (nSPS) is 26.7. The molecule has 0 aromatic heterocycles. The molecule has 1 aliphatic carbocycles. The molecule has 0 spiro atoms. The molecule has 2 aliphatic rings. The van der Waals surface area contributed by atoms with Crippen LogP contribution in [0.5, 0.6) is 5.75 Å². The van der Waals surface area contributed by atoms with Crippen molar-refractivity contribution in [1.29, 1.82) is 0 Å². The second kappa shape index (κ2) is 4.32. The number of likely N-dealkylation sites (tertiary alicyclic amines) is 1. The largest absolute Gasteiger partial charge is 0.497 e. The predicted molar refractivity (Wildman–Crippen MR) is 77.0 cm³/mol. The maximum Gasteiger partial charge on any atom is 0.233 e. The Morgan fingerprint density at radius 3 is 2.40 bits per heavy atom. The Balaban J connectivity index is 1.84. The van der Waals surface area contributed by atoms with Crippen molar-refractivity contribution in [2.75, 3.05) is 7.11 Å². The highest BCUT2D eigenvalue weighted by Crippen LogP contribution is 2.63. The number of hydrogen-bond donors (Lipinski definition) is 0. The van der Waals surface area contributed by atoms with E-state index in [2.05, 4.69) is 15.9 Å². The number of amides is 2. The number of hydrogen-bond acceptors (Lipinski definition) is 3. The van der Waals surface area contributed by atoms with Crippen LogP contribution in [0.3, 0.4) is 0 Å². The maximum atomic E-state index is 12.3. The molecule has 20 heavy (non-hydrogen) atoms. The molecule has 106 valence electrons. The van der Waals surface area contributed by atoms with Crippen LogP contribution < -0.4 is 4.74 Å². The Morgan fingerprint density at radius 1 is 1.25 bits per heavy atom. The van der Waals surface area contributed by atoms with Gasteiger partial charge in [-0.3, -0.25) is 14.5 Å². The molecule has 3 rings (SSSR count). The average Bonchev–Trinajstić information content (AvgIpc) is 2.88. The van der Waals surface area contributed by atoms with Crippen LogP contribution in [-0.4, -0.2) is 23.8 Å². The Kier molecular flexibility index (Phi) is 2.94. The van der Waals surface area contributed by atoms with Gasteiger partial charge in [0.1, 0.15) is 5.75 Å². The van der Waals surface area contributed by atoms with Crippen LogP contribution in [0.25, 0.3) is 0 Å². The zero-order chi connectivity index (χ0) is 14.7. The Morgan fingerprint density at radius 2 is 1.85 bits per heavy atom. The summed E-state index contributed by atoms with van der Waals surface area (Å²) in [7, 11) is 1.59. The van der Waals surface area contributed by atoms with Crippen molar-refractivity contribution < 1.29 is 14.3 Å². The molecular formula is C15H16BrNO3. The zero-order valence-corrected chi connectivity index (χ0v) is 13.2. The van der Waals surface area contributed by atoms with E-state index in [1.807, 2.05) is 32.0 Å². The Bertz CT molecular complexity index is 587. The molecule has 1 saturated carbocycles. The maximum absolute atomic E-state index is 12.3. The van der Waals surface area contributed by atoms with Crippen LogP contribution in [-0.2, 0) is 16.1 Å². The number of carbonyl (C=O) groups excluding carboxylic acids is 2. The standard InChI is InChI=1S/C15H16BrNO3/c1-15(2)11-12(15)14(19)17(13(11)18)7-8-6-9(20-3)4-5-10(8)16/h4-6,11-12H,7H2,1-3H3. The zero-order valence-electron chi connectivity index (χ0n) is 11.6. The van der Waals surface area contributed by atoms with E-state index in [1.165, 1.54) is 4.90 Å². The molecular weight excluding hydrogens is 322 g/mol. The number of imide groups is 1. The lowest BCUT2D eigenvalue weighted by atomic mass is 10.1. The van der Waals surface area contributed by atoms with Crippen molar-refractivity contribution in [2.24, 2.45) is 17.3 Å². The first-order valence-corrected chi connectivity index (χ1v) is 7.35. The van der Waals surface area contributed by atoms with Crippen LogP contribution in [0.1, 0.15) is 19.4 Å². The predicted octanol–water partition coefficient (Wildman–Crippen LogP) is 2.60. The summed E-state index contributed by atoms with van der Waals surface area (Å²) in [5.41, 5.74) is 0.723. The highest BCUT2D eigenvalue weighted by Gasteiger charge is 2.72. The first-order valence-electron chi connectivity index (χ1n) is 6.55. The quantitative estimate of drug-likeness (QED) is 0.796. The number of fused-ring (bicyclic) bond motifs is 1. The number of ether oxygens (including phenoxy) is 1. The van der Waals surface area contributed by atoms with Crippen LogP contribution in [0, 0.1) is 17.3 Å². The number of carbonyl (C=O) groups is 2. The fourth-order valence-corrected chi connectivity index (χ4v) is 3.50. The van der Waals surface area contributed by atoms with Crippen LogP contribution >= 0.6 is 15.9 Å². The van der Waals surface area contributed by atoms with Gasteiger partial charge in [0.05, 0.1) is 25.5 Å². The monoisotopic (exact) mass is 337 g/mol. The third kappa shape index (κ3) is 1.79. The van der Waals surface area contributed by atoms with E-state index in [4.69, 9.17) is 4.74 Å². The molecule has 2 atom stereocenters. The van der Waals surface area contributed by atoms with E-state index in [1.54, 1.807) is 7.11 Å². The summed E-state index contributed by atoms with van der Waals surface area (Å²) in [6, 6.07) is 5.55. The van der Waals surface area contributed by atoms with Gasteiger partial charge >= 0.3 is 0 Å². The van der Waals surface area contributed by atoms with Crippen molar-refractivity contribution in [3.05, 3.63) is 28.2 Å². The molecule has 1 saturated heterocycles. The lowest BCUT2D eigenvalue weighted by Gasteiger charge is -2.21. The number of methoxy groups -OCH3 is 1. The van der Waals surface area contributed by atoms with Crippen molar-refractivity contribution in [2.45, 2.75) is 20.4 Å². The van der Waals surface area contributed by atoms with Gasteiger partial charge < -0.3 is 4.74 Å². The number of benzene rings is 1. The first kappa shape index (κ1) is 13.6. The molecule has 1 aliphatic heterocycles. The molecule has 1 aromatic carbocycles. The second-order valence-corrected chi connectivity index (χ2v) is 6.85.